The maximum absolute atomic E-state index is 11.7. The quantitative estimate of drug-likeness (QED) is 0.812. The number of hydroxylamine groups is 1. The third-order valence-corrected chi connectivity index (χ3v) is 3.54. The summed E-state index contributed by atoms with van der Waals surface area (Å²) in [4.78, 5) is 17.0. The van der Waals surface area contributed by atoms with Crippen LogP contribution in [0.15, 0.2) is 24.3 Å². The number of para-hydroxylation sites is 1. The van der Waals surface area contributed by atoms with Crippen LogP contribution < -0.4 is 10.2 Å². The van der Waals surface area contributed by atoms with Gasteiger partial charge in [-0.3, -0.25) is 9.63 Å². The van der Waals surface area contributed by atoms with Crippen LogP contribution in [-0.2, 0) is 9.63 Å². The van der Waals surface area contributed by atoms with E-state index in [0.717, 1.165) is 24.2 Å². The minimum absolute atomic E-state index is 0.0174. The van der Waals surface area contributed by atoms with E-state index in [1.54, 1.807) is 0 Å². The first-order valence-corrected chi connectivity index (χ1v) is 7.33. The number of hydrogen-bond donors (Lipinski definition) is 1. The molecule has 1 aliphatic carbocycles. The normalized spacial score (nSPS) is 15.6. The van der Waals surface area contributed by atoms with Crippen molar-refractivity contribution in [3.63, 3.8) is 0 Å². The van der Waals surface area contributed by atoms with Crippen molar-refractivity contribution in [1.29, 1.82) is 0 Å². The number of ether oxygens (including phenoxy) is 1. The van der Waals surface area contributed by atoms with Crippen LogP contribution in [0.5, 0.6) is 5.75 Å². The van der Waals surface area contributed by atoms with Gasteiger partial charge in [-0.1, -0.05) is 44.9 Å². The predicted octanol–water partition coefficient (Wildman–Crippen LogP) is 3.18. The van der Waals surface area contributed by atoms with Crippen molar-refractivity contribution in [3.05, 3.63) is 29.8 Å². The summed E-state index contributed by atoms with van der Waals surface area (Å²) in [5.74, 6) is 0.887. The van der Waals surface area contributed by atoms with E-state index in [0.29, 0.717) is 5.92 Å². The molecule has 0 unspecified atom stereocenters. The molecule has 0 aliphatic heterocycles. The van der Waals surface area contributed by atoms with Gasteiger partial charge >= 0.3 is 0 Å². The van der Waals surface area contributed by atoms with Crippen LogP contribution >= 0.6 is 0 Å². The number of hydrogen-bond acceptors (Lipinski definition) is 3. The monoisotopic (exact) mass is 277 g/mol. The number of nitrogens with one attached hydrogen (secondary N) is 1. The molecule has 0 atom stereocenters. The molecule has 1 aliphatic rings. The zero-order chi connectivity index (χ0) is 14.4. The second-order valence-corrected chi connectivity index (χ2v) is 5.53. The fourth-order valence-electron chi connectivity index (χ4n) is 2.42. The van der Waals surface area contributed by atoms with Gasteiger partial charge < -0.3 is 4.74 Å². The molecule has 2 rings (SSSR count). The van der Waals surface area contributed by atoms with Gasteiger partial charge in [0.05, 0.1) is 6.10 Å². The van der Waals surface area contributed by atoms with Gasteiger partial charge in [0.25, 0.3) is 5.91 Å². The fourth-order valence-corrected chi connectivity index (χ4v) is 2.42. The molecule has 0 spiro atoms. The zero-order valence-electron chi connectivity index (χ0n) is 12.2. The van der Waals surface area contributed by atoms with Crippen molar-refractivity contribution in [1.82, 2.24) is 5.48 Å². The van der Waals surface area contributed by atoms with E-state index in [1.807, 2.05) is 24.3 Å². The highest BCUT2D eigenvalue weighted by molar-refractivity contribution is 5.76. The molecule has 1 saturated carbocycles. The highest BCUT2D eigenvalue weighted by atomic mass is 16.7. The number of carbonyl (C=O) groups excluding carboxylic acids is 1. The summed E-state index contributed by atoms with van der Waals surface area (Å²) in [6, 6.07) is 7.80. The van der Waals surface area contributed by atoms with Gasteiger partial charge in [-0.05, 0) is 30.4 Å². The van der Waals surface area contributed by atoms with E-state index in [-0.39, 0.29) is 18.6 Å². The SMILES string of the molecule is CC(C)c1ccccc1OCC(=O)NOC1CCCC1. The lowest BCUT2D eigenvalue weighted by molar-refractivity contribution is -0.140. The van der Waals surface area contributed by atoms with Gasteiger partial charge in [-0.15, -0.1) is 0 Å². The Labute approximate surface area is 120 Å². The second kappa shape index (κ2) is 7.29. The molecular weight excluding hydrogens is 254 g/mol. The Hall–Kier alpha value is -1.55. The number of carbonyl (C=O) groups is 1. The summed E-state index contributed by atoms with van der Waals surface area (Å²) in [5, 5.41) is 0. The molecule has 4 nitrogen and oxygen atoms in total. The number of rotatable bonds is 6. The Kier molecular flexibility index (Phi) is 5.41. The summed E-state index contributed by atoms with van der Waals surface area (Å²) in [5.41, 5.74) is 3.59. The first-order valence-electron chi connectivity index (χ1n) is 7.33. The van der Waals surface area contributed by atoms with E-state index in [4.69, 9.17) is 9.57 Å². The van der Waals surface area contributed by atoms with Crippen molar-refractivity contribution in [3.8, 4) is 5.75 Å². The van der Waals surface area contributed by atoms with Crippen molar-refractivity contribution in [2.45, 2.75) is 51.6 Å². The largest absolute Gasteiger partial charge is 0.483 e. The van der Waals surface area contributed by atoms with E-state index >= 15 is 0 Å². The first kappa shape index (κ1) is 14.9. The van der Waals surface area contributed by atoms with Crippen molar-refractivity contribution >= 4 is 5.91 Å². The maximum Gasteiger partial charge on any atom is 0.281 e. The maximum atomic E-state index is 11.7. The molecule has 0 radical (unpaired) electrons. The molecule has 110 valence electrons. The van der Waals surface area contributed by atoms with Crippen molar-refractivity contribution in [2.75, 3.05) is 6.61 Å². The van der Waals surface area contributed by atoms with Crippen LogP contribution in [-0.4, -0.2) is 18.6 Å². The van der Waals surface area contributed by atoms with Crippen molar-refractivity contribution in [2.24, 2.45) is 0 Å². The van der Waals surface area contributed by atoms with E-state index < -0.39 is 0 Å². The minimum Gasteiger partial charge on any atom is -0.483 e. The molecule has 1 N–H and O–H groups in total. The van der Waals surface area contributed by atoms with Crippen LogP contribution in [0.1, 0.15) is 51.0 Å². The predicted molar refractivity (Wildman–Crippen MR) is 77.5 cm³/mol. The smallest absolute Gasteiger partial charge is 0.281 e. The Bertz CT molecular complexity index is 439. The lowest BCUT2D eigenvalue weighted by Crippen LogP contribution is -2.32. The summed E-state index contributed by atoms with van der Waals surface area (Å²) < 4.78 is 5.58. The van der Waals surface area contributed by atoms with Crippen LogP contribution in [0.3, 0.4) is 0 Å². The van der Waals surface area contributed by atoms with Crippen LogP contribution in [0.25, 0.3) is 0 Å². The lowest BCUT2D eigenvalue weighted by atomic mass is 10.0. The molecule has 0 aromatic heterocycles. The molecular formula is C16H23NO3. The fraction of sp³-hybridized carbons (Fsp3) is 0.562. The molecule has 0 bridgehead atoms. The number of amides is 1. The Morgan fingerprint density at radius 2 is 2.00 bits per heavy atom. The lowest BCUT2D eigenvalue weighted by Gasteiger charge is -2.14. The molecule has 0 saturated heterocycles. The minimum atomic E-state index is -0.240. The van der Waals surface area contributed by atoms with Crippen LogP contribution in [0.4, 0.5) is 0 Å². The van der Waals surface area contributed by atoms with Gasteiger partial charge in [-0.2, -0.15) is 0 Å². The van der Waals surface area contributed by atoms with Crippen molar-refractivity contribution < 1.29 is 14.4 Å². The van der Waals surface area contributed by atoms with Gasteiger partial charge in [0.2, 0.25) is 0 Å². The topological polar surface area (TPSA) is 47.6 Å². The van der Waals surface area contributed by atoms with E-state index in [9.17, 15) is 4.79 Å². The zero-order valence-corrected chi connectivity index (χ0v) is 12.2. The van der Waals surface area contributed by atoms with Gasteiger partial charge in [-0.25, -0.2) is 5.48 Å². The third kappa shape index (κ3) is 4.23. The molecule has 4 heteroatoms. The summed E-state index contributed by atoms with van der Waals surface area (Å²) in [6.45, 7) is 4.19. The summed E-state index contributed by atoms with van der Waals surface area (Å²) in [7, 11) is 0. The Morgan fingerprint density at radius 3 is 2.70 bits per heavy atom. The van der Waals surface area contributed by atoms with E-state index in [2.05, 4.69) is 19.3 Å². The molecule has 0 heterocycles. The molecule has 20 heavy (non-hydrogen) atoms. The standard InChI is InChI=1S/C16H23NO3/c1-12(2)14-9-5-6-10-15(14)19-11-16(18)17-20-13-7-3-4-8-13/h5-6,9-10,12-13H,3-4,7-8,11H2,1-2H3,(H,17,18). The molecule has 1 aromatic rings. The first-order chi connectivity index (χ1) is 9.66. The highest BCUT2D eigenvalue weighted by Gasteiger charge is 2.17. The Balaban J connectivity index is 1.78. The van der Waals surface area contributed by atoms with Crippen LogP contribution in [0, 0.1) is 0 Å². The average Bonchev–Trinajstić information content (AvgIpc) is 2.96. The summed E-state index contributed by atoms with van der Waals surface area (Å²) >= 11 is 0. The third-order valence-electron chi connectivity index (χ3n) is 3.54. The van der Waals surface area contributed by atoms with E-state index in [1.165, 1.54) is 12.8 Å². The second-order valence-electron chi connectivity index (χ2n) is 5.53. The van der Waals surface area contributed by atoms with Gasteiger partial charge in [0, 0.05) is 0 Å². The Morgan fingerprint density at radius 1 is 1.30 bits per heavy atom. The average molecular weight is 277 g/mol. The summed E-state index contributed by atoms with van der Waals surface area (Å²) in [6.07, 6.45) is 4.58. The molecule has 1 fully saturated rings. The van der Waals surface area contributed by atoms with Gasteiger partial charge in [0.1, 0.15) is 5.75 Å². The van der Waals surface area contributed by atoms with Crippen LogP contribution in [0.2, 0.25) is 0 Å². The molecule has 1 amide bonds. The number of benzene rings is 1. The highest BCUT2D eigenvalue weighted by Crippen LogP contribution is 2.25. The van der Waals surface area contributed by atoms with Gasteiger partial charge in [0.15, 0.2) is 6.61 Å². The molecule has 1 aromatic carbocycles.